The van der Waals surface area contributed by atoms with Crippen LogP contribution in [-0.2, 0) is 11.2 Å². The molecule has 1 aromatic rings. The maximum Gasteiger partial charge on any atom is 0.129 e. The lowest BCUT2D eigenvalue weighted by Crippen LogP contribution is -2.27. The first kappa shape index (κ1) is 12.1. The van der Waals surface area contributed by atoms with Crippen molar-refractivity contribution < 1.29 is 18.6 Å². The van der Waals surface area contributed by atoms with E-state index in [4.69, 9.17) is 4.74 Å². The van der Waals surface area contributed by atoms with Crippen LogP contribution in [0.1, 0.15) is 12.5 Å². The van der Waals surface area contributed by atoms with Gasteiger partial charge in [-0.15, -0.1) is 0 Å². The van der Waals surface area contributed by atoms with Gasteiger partial charge >= 0.3 is 0 Å². The highest BCUT2D eigenvalue weighted by atomic mass is 19.1. The highest BCUT2D eigenvalue weighted by molar-refractivity contribution is 5.19. The SMILES string of the molecule is COC(C)C(O)Cc1ccc(F)cc1F. The lowest BCUT2D eigenvalue weighted by Gasteiger charge is -2.17. The van der Waals surface area contributed by atoms with Crippen LogP contribution >= 0.6 is 0 Å². The van der Waals surface area contributed by atoms with Crippen molar-refractivity contribution in [1.29, 1.82) is 0 Å². The van der Waals surface area contributed by atoms with Crippen LogP contribution in [0.3, 0.4) is 0 Å². The summed E-state index contributed by atoms with van der Waals surface area (Å²) in [6, 6.07) is 3.30. The number of ether oxygens (including phenoxy) is 1. The Morgan fingerprint density at radius 3 is 2.60 bits per heavy atom. The van der Waals surface area contributed by atoms with E-state index in [1.54, 1.807) is 6.92 Å². The van der Waals surface area contributed by atoms with Gasteiger partial charge in [-0.25, -0.2) is 8.78 Å². The number of aliphatic hydroxyl groups is 1. The molecule has 0 radical (unpaired) electrons. The Morgan fingerprint density at radius 2 is 2.07 bits per heavy atom. The lowest BCUT2D eigenvalue weighted by atomic mass is 10.0. The zero-order chi connectivity index (χ0) is 11.4. The first-order valence-electron chi connectivity index (χ1n) is 4.69. The number of hydrogen-bond acceptors (Lipinski definition) is 2. The summed E-state index contributed by atoms with van der Waals surface area (Å²) < 4.78 is 30.7. The van der Waals surface area contributed by atoms with E-state index in [9.17, 15) is 13.9 Å². The summed E-state index contributed by atoms with van der Waals surface area (Å²) >= 11 is 0. The van der Waals surface area contributed by atoms with Crippen LogP contribution in [0, 0.1) is 11.6 Å². The molecule has 0 aromatic heterocycles. The fourth-order valence-electron chi connectivity index (χ4n) is 1.24. The van der Waals surface area contributed by atoms with E-state index >= 15 is 0 Å². The fourth-order valence-corrected chi connectivity index (χ4v) is 1.24. The largest absolute Gasteiger partial charge is 0.390 e. The van der Waals surface area contributed by atoms with E-state index in [0.29, 0.717) is 0 Å². The van der Waals surface area contributed by atoms with Crippen molar-refractivity contribution in [3.8, 4) is 0 Å². The van der Waals surface area contributed by atoms with E-state index in [1.807, 2.05) is 0 Å². The summed E-state index contributed by atoms with van der Waals surface area (Å²) in [5.74, 6) is -1.26. The second-order valence-electron chi connectivity index (χ2n) is 3.45. The minimum absolute atomic E-state index is 0.112. The Hall–Kier alpha value is -1.00. The van der Waals surface area contributed by atoms with Crippen molar-refractivity contribution in [1.82, 2.24) is 0 Å². The monoisotopic (exact) mass is 216 g/mol. The van der Waals surface area contributed by atoms with Gasteiger partial charge in [0.05, 0.1) is 12.2 Å². The number of benzene rings is 1. The van der Waals surface area contributed by atoms with E-state index in [2.05, 4.69) is 0 Å². The quantitative estimate of drug-likeness (QED) is 0.833. The molecule has 2 unspecified atom stereocenters. The van der Waals surface area contributed by atoms with Gasteiger partial charge in [-0.1, -0.05) is 6.07 Å². The molecule has 0 fully saturated rings. The number of halogens is 2. The molecule has 15 heavy (non-hydrogen) atoms. The molecule has 0 aliphatic heterocycles. The summed E-state index contributed by atoms with van der Waals surface area (Å²) in [5, 5.41) is 9.58. The van der Waals surface area contributed by atoms with Crippen molar-refractivity contribution >= 4 is 0 Å². The van der Waals surface area contributed by atoms with Gasteiger partial charge in [-0.05, 0) is 18.6 Å². The second-order valence-corrected chi connectivity index (χ2v) is 3.45. The zero-order valence-electron chi connectivity index (χ0n) is 8.71. The molecule has 0 spiro atoms. The fraction of sp³-hybridized carbons (Fsp3) is 0.455. The molecule has 0 aliphatic carbocycles. The molecule has 0 amide bonds. The number of aliphatic hydroxyl groups excluding tert-OH is 1. The van der Waals surface area contributed by atoms with Crippen LogP contribution in [0.5, 0.6) is 0 Å². The Bertz CT molecular complexity index is 328. The van der Waals surface area contributed by atoms with Crippen molar-refractivity contribution in [2.45, 2.75) is 25.6 Å². The third-order valence-electron chi connectivity index (χ3n) is 2.36. The lowest BCUT2D eigenvalue weighted by molar-refractivity contribution is 0.0000339. The molecule has 0 aliphatic rings. The van der Waals surface area contributed by atoms with Gasteiger partial charge in [-0.2, -0.15) is 0 Å². The van der Waals surface area contributed by atoms with E-state index < -0.39 is 17.7 Å². The van der Waals surface area contributed by atoms with Gasteiger partial charge in [0.2, 0.25) is 0 Å². The summed E-state index contributed by atoms with van der Waals surface area (Å²) in [5.41, 5.74) is 0.285. The zero-order valence-corrected chi connectivity index (χ0v) is 8.71. The van der Waals surface area contributed by atoms with Crippen molar-refractivity contribution in [3.63, 3.8) is 0 Å². The van der Waals surface area contributed by atoms with Crippen LogP contribution in [0.4, 0.5) is 8.78 Å². The van der Waals surface area contributed by atoms with Gasteiger partial charge in [0, 0.05) is 19.6 Å². The Labute approximate surface area is 87.5 Å². The predicted octanol–water partition coefficient (Wildman–Crippen LogP) is 1.90. The summed E-state index contributed by atoms with van der Waals surface area (Å²) in [6.07, 6.45) is -1.06. The van der Waals surface area contributed by atoms with Gasteiger partial charge in [-0.3, -0.25) is 0 Å². The molecule has 0 bridgehead atoms. The maximum atomic E-state index is 13.2. The molecule has 1 rings (SSSR count). The normalized spacial score (nSPS) is 15.0. The second kappa shape index (κ2) is 5.19. The molecule has 4 heteroatoms. The van der Waals surface area contributed by atoms with Crippen LogP contribution in [0.2, 0.25) is 0 Å². The number of hydrogen-bond donors (Lipinski definition) is 1. The standard InChI is InChI=1S/C11H14F2O2/c1-7(15-2)11(14)5-8-3-4-9(12)6-10(8)13/h3-4,6-7,11,14H,5H2,1-2H3. The predicted molar refractivity (Wildman–Crippen MR) is 52.5 cm³/mol. The van der Waals surface area contributed by atoms with Crippen molar-refractivity contribution in [2.75, 3.05) is 7.11 Å². The summed E-state index contributed by atoms with van der Waals surface area (Å²) in [4.78, 5) is 0. The molecular weight excluding hydrogens is 202 g/mol. The highest BCUT2D eigenvalue weighted by Gasteiger charge is 2.16. The Kier molecular flexibility index (Phi) is 4.17. The van der Waals surface area contributed by atoms with Crippen LogP contribution in [0.15, 0.2) is 18.2 Å². The number of methoxy groups -OCH3 is 1. The van der Waals surface area contributed by atoms with E-state index in [-0.39, 0.29) is 18.1 Å². The van der Waals surface area contributed by atoms with Gasteiger partial charge in [0.1, 0.15) is 11.6 Å². The molecule has 2 atom stereocenters. The third kappa shape index (κ3) is 3.25. The average Bonchev–Trinajstić information content (AvgIpc) is 2.20. The van der Waals surface area contributed by atoms with Crippen LogP contribution in [-0.4, -0.2) is 24.4 Å². The third-order valence-corrected chi connectivity index (χ3v) is 2.36. The highest BCUT2D eigenvalue weighted by Crippen LogP contribution is 2.13. The molecule has 0 saturated carbocycles. The molecule has 1 aromatic carbocycles. The van der Waals surface area contributed by atoms with Gasteiger partial charge in [0.15, 0.2) is 0 Å². The van der Waals surface area contributed by atoms with E-state index in [0.717, 1.165) is 6.07 Å². The topological polar surface area (TPSA) is 29.5 Å². The van der Waals surface area contributed by atoms with Crippen LogP contribution < -0.4 is 0 Å². The molecule has 2 nitrogen and oxygen atoms in total. The molecule has 84 valence electrons. The summed E-state index contributed by atoms with van der Waals surface area (Å²) in [7, 11) is 1.47. The molecule has 1 N–H and O–H groups in total. The minimum Gasteiger partial charge on any atom is -0.390 e. The smallest absolute Gasteiger partial charge is 0.129 e. The van der Waals surface area contributed by atoms with Crippen molar-refractivity contribution in [3.05, 3.63) is 35.4 Å². The maximum absolute atomic E-state index is 13.2. The Morgan fingerprint density at radius 1 is 1.40 bits per heavy atom. The minimum atomic E-state index is -0.796. The van der Waals surface area contributed by atoms with Gasteiger partial charge in [0.25, 0.3) is 0 Å². The van der Waals surface area contributed by atoms with Crippen molar-refractivity contribution in [2.24, 2.45) is 0 Å². The van der Waals surface area contributed by atoms with Crippen LogP contribution in [0.25, 0.3) is 0 Å². The first-order chi connectivity index (χ1) is 7.04. The van der Waals surface area contributed by atoms with Gasteiger partial charge < -0.3 is 9.84 Å². The van der Waals surface area contributed by atoms with E-state index in [1.165, 1.54) is 19.2 Å². The summed E-state index contributed by atoms with van der Waals surface area (Å²) in [6.45, 7) is 1.69. The Balaban J connectivity index is 2.72. The number of rotatable bonds is 4. The average molecular weight is 216 g/mol. The first-order valence-corrected chi connectivity index (χ1v) is 4.69. The molecule has 0 saturated heterocycles. The molecular formula is C11H14F2O2. The molecule has 0 heterocycles.